The second-order valence-corrected chi connectivity index (χ2v) is 2.48. The van der Waals surface area contributed by atoms with E-state index < -0.39 is 5.24 Å². The lowest BCUT2D eigenvalue weighted by molar-refractivity contribution is 0.108. The molecule has 1 aromatic carbocycles. The summed E-state index contributed by atoms with van der Waals surface area (Å²) in [6, 6.07) is 8.74. The van der Waals surface area contributed by atoms with Gasteiger partial charge >= 0.3 is 0 Å². The number of hydrogen-bond donors (Lipinski definition) is 1. The van der Waals surface area contributed by atoms with Gasteiger partial charge in [0.05, 0.1) is 0 Å². The van der Waals surface area contributed by atoms with Crippen LogP contribution in [0.3, 0.4) is 0 Å². The minimum absolute atomic E-state index is 0.407. The Kier molecular flexibility index (Phi) is 6.34. The quantitative estimate of drug-likeness (QED) is 0.678. The zero-order valence-electron chi connectivity index (χ0n) is 7.17. The average molecular weight is 186 g/mol. The minimum Gasteiger partial charge on any atom is -0.323 e. The van der Waals surface area contributed by atoms with Crippen molar-refractivity contribution in [1.82, 2.24) is 5.32 Å². The molecule has 0 amide bonds. The summed E-state index contributed by atoms with van der Waals surface area (Å²) in [7, 11) is 3.75. The zero-order chi connectivity index (χ0) is 9.40. The Bertz CT molecular complexity index is 223. The fourth-order valence-corrected chi connectivity index (χ4v) is 0.695. The minimum atomic E-state index is -0.407. The van der Waals surface area contributed by atoms with Crippen LogP contribution in [0.5, 0.6) is 0 Å². The summed E-state index contributed by atoms with van der Waals surface area (Å²) in [5.74, 6) is 0. The van der Waals surface area contributed by atoms with Crippen molar-refractivity contribution in [1.29, 1.82) is 0 Å². The largest absolute Gasteiger partial charge is 0.323 e. The monoisotopic (exact) mass is 185 g/mol. The van der Waals surface area contributed by atoms with E-state index in [-0.39, 0.29) is 0 Å². The number of hydrogen-bond acceptors (Lipinski definition) is 2. The van der Waals surface area contributed by atoms with Crippen LogP contribution in [0, 0.1) is 0 Å². The van der Waals surface area contributed by atoms with Crippen LogP contribution in [0.25, 0.3) is 0 Å². The third kappa shape index (κ3) is 4.88. The Hall–Kier alpha value is -0.860. The maximum absolute atomic E-state index is 10.4. The summed E-state index contributed by atoms with van der Waals surface area (Å²) in [5, 5.41) is 2.34. The fourth-order valence-electron chi connectivity index (χ4n) is 0.569. The van der Waals surface area contributed by atoms with Crippen molar-refractivity contribution < 1.29 is 4.79 Å². The molecular formula is C9H12ClNO. The van der Waals surface area contributed by atoms with Crippen LogP contribution in [0.2, 0.25) is 0 Å². The summed E-state index contributed by atoms with van der Waals surface area (Å²) in [5.41, 5.74) is 0.541. The van der Waals surface area contributed by atoms with Gasteiger partial charge in [0.15, 0.2) is 0 Å². The highest BCUT2D eigenvalue weighted by Gasteiger charge is 1.95. The molecule has 2 nitrogen and oxygen atoms in total. The molecule has 0 bridgehead atoms. The van der Waals surface area contributed by atoms with Gasteiger partial charge in [0.1, 0.15) is 0 Å². The number of benzene rings is 1. The topological polar surface area (TPSA) is 29.1 Å². The van der Waals surface area contributed by atoms with Crippen LogP contribution >= 0.6 is 11.6 Å². The van der Waals surface area contributed by atoms with Gasteiger partial charge < -0.3 is 5.32 Å². The third-order valence-electron chi connectivity index (χ3n) is 1.00. The van der Waals surface area contributed by atoms with Crippen LogP contribution in [0.4, 0.5) is 0 Å². The van der Waals surface area contributed by atoms with Gasteiger partial charge in [0, 0.05) is 5.56 Å². The lowest BCUT2D eigenvalue weighted by atomic mass is 10.2. The van der Waals surface area contributed by atoms with Gasteiger partial charge in [-0.25, -0.2) is 0 Å². The molecule has 12 heavy (non-hydrogen) atoms. The molecule has 3 heteroatoms. The van der Waals surface area contributed by atoms with E-state index in [1.807, 2.05) is 20.2 Å². The molecule has 0 unspecified atom stereocenters. The molecule has 0 radical (unpaired) electrons. The molecule has 1 N–H and O–H groups in total. The molecule has 66 valence electrons. The lowest BCUT2D eigenvalue weighted by Crippen LogP contribution is -1.89. The van der Waals surface area contributed by atoms with Crippen molar-refractivity contribution in [3.05, 3.63) is 35.9 Å². The first-order chi connectivity index (χ1) is 5.72. The van der Waals surface area contributed by atoms with E-state index in [4.69, 9.17) is 11.6 Å². The molecule has 1 aromatic rings. The van der Waals surface area contributed by atoms with Crippen molar-refractivity contribution in [3.63, 3.8) is 0 Å². The predicted octanol–water partition coefficient (Wildman–Crippen LogP) is 1.90. The van der Waals surface area contributed by atoms with Gasteiger partial charge in [0.25, 0.3) is 5.24 Å². The molecule has 0 atom stereocenters. The first-order valence-electron chi connectivity index (χ1n) is 3.55. The molecule has 0 aliphatic rings. The number of nitrogens with one attached hydrogen (secondary N) is 1. The molecule has 0 aliphatic heterocycles. The van der Waals surface area contributed by atoms with Gasteiger partial charge in [-0.1, -0.05) is 30.3 Å². The zero-order valence-corrected chi connectivity index (χ0v) is 7.93. The number of halogens is 1. The Morgan fingerprint density at radius 2 is 1.67 bits per heavy atom. The summed E-state index contributed by atoms with van der Waals surface area (Å²) < 4.78 is 0. The summed E-state index contributed by atoms with van der Waals surface area (Å²) in [6.07, 6.45) is 0. The van der Waals surface area contributed by atoms with Crippen LogP contribution < -0.4 is 5.32 Å². The molecule has 0 fully saturated rings. The highest BCUT2D eigenvalue weighted by molar-refractivity contribution is 6.67. The molecule has 0 heterocycles. The van der Waals surface area contributed by atoms with E-state index in [1.54, 1.807) is 24.3 Å². The van der Waals surface area contributed by atoms with E-state index in [2.05, 4.69) is 5.32 Å². The average Bonchev–Trinajstić information content (AvgIpc) is 2.07. The van der Waals surface area contributed by atoms with Crippen molar-refractivity contribution >= 4 is 16.8 Å². The van der Waals surface area contributed by atoms with Gasteiger partial charge in [-0.15, -0.1) is 0 Å². The number of carbonyl (C=O) groups is 1. The Morgan fingerprint density at radius 3 is 1.92 bits per heavy atom. The number of carbonyl (C=O) groups excluding carboxylic acids is 1. The molecular weight excluding hydrogens is 174 g/mol. The van der Waals surface area contributed by atoms with Gasteiger partial charge in [-0.05, 0) is 25.7 Å². The SMILES string of the molecule is CNC.O=C(Cl)c1ccccc1. The highest BCUT2D eigenvalue weighted by Crippen LogP contribution is 2.01. The van der Waals surface area contributed by atoms with Gasteiger partial charge in [-0.3, -0.25) is 4.79 Å². The van der Waals surface area contributed by atoms with E-state index in [0.717, 1.165) is 0 Å². The van der Waals surface area contributed by atoms with E-state index >= 15 is 0 Å². The van der Waals surface area contributed by atoms with Crippen molar-refractivity contribution in [2.45, 2.75) is 0 Å². The number of rotatable bonds is 1. The first-order valence-corrected chi connectivity index (χ1v) is 3.93. The third-order valence-corrected chi connectivity index (χ3v) is 1.22. The molecule has 0 aliphatic carbocycles. The maximum atomic E-state index is 10.4. The molecule has 0 saturated heterocycles. The highest BCUT2D eigenvalue weighted by atomic mass is 35.5. The predicted molar refractivity (Wildman–Crippen MR) is 51.6 cm³/mol. The van der Waals surface area contributed by atoms with Crippen LogP contribution in [-0.4, -0.2) is 19.3 Å². The Balaban J connectivity index is 0.000000354. The van der Waals surface area contributed by atoms with E-state index in [9.17, 15) is 4.79 Å². The second-order valence-electron chi connectivity index (χ2n) is 2.14. The summed E-state index contributed by atoms with van der Waals surface area (Å²) >= 11 is 5.16. The molecule has 0 spiro atoms. The van der Waals surface area contributed by atoms with Crippen LogP contribution in [0.1, 0.15) is 10.4 Å². The summed E-state index contributed by atoms with van der Waals surface area (Å²) in [4.78, 5) is 10.4. The molecule has 0 saturated carbocycles. The van der Waals surface area contributed by atoms with Crippen molar-refractivity contribution in [2.24, 2.45) is 0 Å². The normalized spacial score (nSPS) is 8.25. The lowest BCUT2D eigenvalue weighted by Gasteiger charge is -1.87. The van der Waals surface area contributed by atoms with Gasteiger partial charge in [-0.2, -0.15) is 0 Å². The first kappa shape index (κ1) is 11.1. The standard InChI is InChI=1S/C7H5ClO.C2H7N/c8-7(9)6-4-2-1-3-5-6;1-3-2/h1-5H;3H,1-2H3. The fraction of sp³-hybridized carbons (Fsp3) is 0.222. The van der Waals surface area contributed by atoms with E-state index in [0.29, 0.717) is 5.56 Å². The van der Waals surface area contributed by atoms with E-state index in [1.165, 1.54) is 0 Å². The van der Waals surface area contributed by atoms with Gasteiger partial charge in [0.2, 0.25) is 0 Å². The Labute approximate surface area is 77.5 Å². The summed E-state index contributed by atoms with van der Waals surface area (Å²) in [6.45, 7) is 0. The smallest absolute Gasteiger partial charge is 0.252 e. The van der Waals surface area contributed by atoms with Crippen LogP contribution in [-0.2, 0) is 0 Å². The second kappa shape index (κ2) is 6.83. The molecule has 1 rings (SSSR count). The van der Waals surface area contributed by atoms with Crippen molar-refractivity contribution in [2.75, 3.05) is 14.1 Å². The Morgan fingerprint density at radius 1 is 1.25 bits per heavy atom. The maximum Gasteiger partial charge on any atom is 0.252 e. The van der Waals surface area contributed by atoms with Crippen molar-refractivity contribution in [3.8, 4) is 0 Å². The molecule has 0 aromatic heterocycles. The van der Waals surface area contributed by atoms with Crippen LogP contribution in [0.15, 0.2) is 30.3 Å².